The second-order valence-corrected chi connectivity index (χ2v) is 8.15. The summed E-state index contributed by atoms with van der Waals surface area (Å²) < 4.78 is 30.0. The molecule has 0 aliphatic carbocycles. The Balaban J connectivity index is 1.96. The van der Waals surface area contributed by atoms with Crippen molar-refractivity contribution >= 4 is 32.7 Å². The number of sulfonamides is 1. The van der Waals surface area contributed by atoms with E-state index in [2.05, 4.69) is 15.8 Å². The monoisotopic (exact) mass is 377 g/mol. The van der Waals surface area contributed by atoms with Crippen LogP contribution in [0.4, 0.5) is 0 Å². The van der Waals surface area contributed by atoms with Crippen LogP contribution in [-0.2, 0) is 16.6 Å². The Morgan fingerprint density at radius 3 is 2.52 bits per heavy atom. The Kier molecular flexibility index (Phi) is 4.86. The number of imidazole rings is 1. The molecule has 0 radical (unpaired) electrons. The number of aromatic nitrogens is 2. The molecule has 1 N–H and O–H groups in total. The largest absolute Gasteiger partial charge is 0.327 e. The molecule has 132 valence electrons. The lowest BCUT2D eigenvalue weighted by molar-refractivity contribution is 0.549. The molecule has 0 saturated heterocycles. The second kappa shape index (κ2) is 6.78. The van der Waals surface area contributed by atoms with Crippen LogP contribution in [0.1, 0.15) is 31.3 Å². The highest BCUT2D eigenvalue weighted by Crippen LogP contribution is 2.23. The highest BCUT2D eigenvalue weighted by atomic mass is 35.5. The van der Waals surface area contributed by atoms with Gasteiger partial charge >= 0.3 is 0 Å². The van der Waals surface area contributed by atoms with Crippen LogP contribution in [0.15, 0.2) is 47.4 Å². The first kappa shape index (κ1) is 17.9. The standard InChI is InChI=1S/C18H20ClN3O2S/c1-4-22-17-11-12(2)5-10-16(17)20-18(22)13(3)21-25(23,24)15-8-6-14(19)7-9-15/h5-11,13,21H,4H2,1-3H3/t13-/m1/s1. The molecule has 0 fully saturated rings. The average Bonchev–Trinajstić information content (AvgIpc) is 2.92. The molecular formula is C18H20ClN3O2S. The zero-order valence-electron chi connectivity index (χ0n) is 14.3. The van der Waals surface area contributed by atoms with Crippen molar-refractivity contribution in [2.75, 3.05) is 0 Å². The van der Waals surface area contributed by atoms with E-state index < -0.39 is 16.1 Å². The highest BCUT2D eigenvalue weighted by Gasteiger charge is 2.22. The third-order valence-electron chi connectivity index (χ3n) is 4.09. The van der Waals surface area contributed by atoms with Gasteiger partial charge in [0.2, 0.25) is 10.0 Å². The molecule has 3 aromatic rings. The summed E-state index contributed by atoms with van der Waals surface area (Å²) in [6, 6.07) is 11.7. The Labute approximate surface area is 152 Å². The smallest absolute Gasteiger partial charge is 0.241 e. The number of benzene rings is 2. The van der Waals surface area contributed by atoms with Gasteiger partial charge in [-0.2, -0.15) is 0 Å². The van der Waals surface area contributed by atoms with Crippen LogP contribution in [0.3, 0.4) is 0 Å². The third kappa shape index (κ3) is 3.56. The van der Waals surface area contributed by atoms with Crippen molar-refractivity contribution in [2.45, 2.75) is 38.3 Å². The Hall–Kier alpha value is -1.89. The summed E-state index contributed by atoms with van der Waals surface area (Å²) in [5.41, 5.74) is 3.01. The number of fused-ring (bicyclic) bond motifs is 1. The predicted octanol–water partition coefficient (Wildman–Crippen LogP) is 4.06. The lowest BCUT2D eigenvalue weighted by Gasteiger charge is -2.15. The first-order chi connectivity index (χ1) is 11.8. The molecule has 0 aliphatic rings. The summed E-state index contributed by atoms with van der Waals surface area (Å²) in [6.45, 7) is 6.56. The Morgan fingerprint density at radius 1 is 1.20 bits per heavy atom. The van der Waals surface area contributed by atoms with E-state index >= 15 is 0 Å². The van der Waals surface area contributed by atoms with E-state index in [1.165, 1.54) is 12.1 Å². The third-order valence-corrected chi connectivity index (χ3v) is 5.90. The number of hydrogen-bond donors (Lipinski definition) is 1. The fourth-order valence-corrected chi connectivity index (χ4v) is 4.21. The fourth-order valence-electron chi connectivity index (χ4n) is 2.88. The minimum atomic E-state index is -3.66. The molecule has 7 heteroatoms. The van der Waals surface area contributed by atoms with Crippen molar-refractivity contribution in [3.05, 3.63) is 58.9 Å². The Morgan fingerprint density at radius 2 is 1.88 bits per heavy atom. The van der Waals surface area contributed by atoms with Gasteiger partial charge in [-0.1, -0.05) is 17.7 Å². The first-order valence-corrected chi connectivity index (χ1v) is 9.92. The maximum Gasteiger partial charge on any atom is 0.241 e. The number of nitrogens with zero attached hydrogens (tertiary/aromatic N) is 2. The summed E-state index contributed by atoms with van der Waals surface area (Å²) in [5, 5.41) is 0.496. The summed E-state index contributed by atoms with van der Waals surface area (Å²) in [5.74, 6) is 0.695. The molecule has 3 rings (SSSR count). The maximum atomic E-state index is 12.6. The number of aryl methyl sites for hydroxylation is 2. The van der Waals surface area contributed by atoms with Crippen LogP contribution in [0.5, 0.6) is 0 Å². The number of halogens is 1. The summed E-state index contributed by atoms with van der Waals surface area (Å²) in [4.78, 5) is 4.81. The van der Waals surface area contributed by atoms with Gasteiger partial charge in [-0.25, -0.2) is 18.1 Å². The molecule has 25 heavy (non-hydrogen) atoms. The lowest BCUT2D eigenvalue weighted by Crippen LogP contribution is -2.28. The van der Waals surface area contributed by atoms with Crippen LogP contribution >= 0.6 is 11.6 Å². The predicted molar refractivity (Wildman–Crippen MR) is 100 cm³/mol. The summed E-state index contributed by atoms with van der Waals surface area (Å²) in [6.07, 6.45) is 0. The quantitative estimate of drug-likeness (QED) is 0.729. The molecule has 5 nitrogen and oxygen atoms in total. The van der Waals surface area contributed by atoms with E-state index in [-0.39, 0.29) is 4.90 Å². The van der Waals surface area contributed by atoms with Gasteiger partial charge in [-0.3, -0.25) is 0 Å². The molecule has 0 bridgehead atoms. The van der Waals surface area contributed by atoms with Gasteiger partial charge in [0.1, 0.15) is 5.82 Å². The summed E-state index contributed by atoms with van der Waals surface area (Å²) in [7, 11) is -3.66. The normalized spacial score (nSPS) is 13.3. The first-order valence-electron chi connectivity index (χ1n) is 8.06. The van der Waals surface area contributed by atoms with Gasteiger partial charge in [-0.05, 0) is 62.7 Å². The van der Waals surface area contributed by atoms with Crippen LogP contribution in [0, 0.1) is 6.92 Å². The molecule has 0 spiro atoms. The minimum absolute atomic E-state index is 0.179. The van der Waals surface area contributed by atoms with Crippen molar-refractivity contribution in [1.29, 1.82) is 0 Å². The maximum absolute atomic E-state index is 12.6. The van der Waals surface area contributed by atoms with Crippen molar-refractivity contribution in [2.24, 2.45) is 0 Å². The second-order valence-electron chi connectivity index (χ2n) is 6.00. The van der Waals surface area contributed by atoms with Crippen LogP contribution in [0.2, 0.25) is 5.02 Å². The van der Waals surface area contributed by atoms with E-state index in [0.717, 1.165) is 16.6 Å². The van der Waals surface area contributed by atoms with Gasteiger partial charge in [-0.15, -0.1) is 0 Å². The molecule has 0 saturated carbocycles. The van der Waals surface area contributed by atoms with Crippen LogP contribution in [0.25, 0.3) is 11.0 Å². The van der Waals surface area contributed by atoms with Crippen LogP contribution < -0.4 is 4.72 Å². The zero-order valence-corrected chi connectivity index (χ0v) is 15.9. The van der Waals surface area contributed by atoms with Gasteiger partial charge in [0.15, 0.2) is 0 Å². The fraction of sp³-hybridized carbons (Fsp3) is 0.278. The molecular weight excluding hydrogens is 358 g/mol. The average molecular weight is 378 g/mol. The zero-order chi connectivity index (χ0) is 18.2. The summed E-state index contributed by atoms with van der Waals surface area (Å²) >= 11 is 5.83. The van der Waals surface area contributed by atoms with Crippen molar-refractivity contribution in [3.8, 4) is 0 Å². The number of rotatable bonds is 5. The minimum Gasteiger partial charge on any atom is -0.327 e. The molecule has 1 atom stereocenters. The van der Waals surface area contributed by atoms with E-state index in [1.807, 2.05) is 30.5 Å². The van der Waals surface area contributed by atoms with Crippen LogP contribution in [-0.4, -0.2) is 18.0 Å². The molecule has 0 amide bonds. The molecule has 2 aromatic carbocycles. The molecule has 1 heterocycles. The van der Waals surface area contributed by atoms with E-state index in [4.69, 9.17) is 11.6 Å². The van der Waals surface area contributed by atoms with Crippen molar-refractivity contribution in [3.63, 3.8) is 0 Å². The van der Waals surface area contributed by atoms with Gasteiger partial charge in [0.25, 0.3) is 0 Å². The van der Waals surface area contributed by atoms with Crippen molar-refractivity contribution < 1.29 is 8.42 Å². The van der Waals surface area contributed by atoms with E-state index in [9.17, 15) is 8.42 Å². The lowest BCUT2D eigenvalue weighted by atomic mass is 10.2. The van der Waals surface area contributed by atoms with Gasteiger partial charge in [0, 0.05) is 11.6 Å². The molecule has 0 aliphatic heterocycles. The van der Waals surface area contributed by atoms with E-state index in [1.54, 1.807) is 19.1 Å². The number of nitrogens with one attached hydrogen (secondary N) is 1. The van der Waals surface area contributed by atoms with Gasteiger partial charge in [0.05, 0.1) is 22.0 Å². The number of hydrogen-bond acceptors (Lipinski definition) is 3. The Bertz CT molecular complexity index is 1010. The SMILES string of the molecule is CCn1c([C@@H](C)NS(=O)(=O)c2ccc(Cl)cc2)nc2ccc(C)cc21. The van der Waals surface area contributed by atoms with Crippen molar-refractivity contribution in [1.82, 2.24) is 14.3 Å². The van der Waals surface area contributed by atoms with Gasteiger partial charge < -0.3 is 4.57 Å². The molecule has 0 unspecified atom stereocenters. The molecule has 1 aromatic heterocycles. The topological polar surface area (TPSA) is 64.0 Å². The highest BCUT2D eigenvalue weighted by molar-refractivity contribution is 7.89. The van der Waals surface area contributed by atoms with E-state index in [0.29, 0.717) is 17.4 Å².